The Balaban J connectivity index is 1.46. The topological polar surface area (TPSA) is 128 Å². The van der Waals surface area contributed by atoms with Crippen molar-refractivity contribution in [3.63, 3.8) is 0 Å². The number of nitrogens with zero attached hydrogens (tertiary/aromatic N) is 2. The molecule has 3 aromatic carbocycles. The number of nitro groups is 1. The van der Waals surface area contributed by atoms with Gasteiger partial charge >= 0.3 is 0 Å². The third-order valence-electron chi connectivity index (χ3n) is 5.39. The van der Waals surface area contributed by atoms with Gasteiger partial charge in [0.1, 0.15) is 13.2 Å². The molecule has 200 valence electrons. The van der Waals surface area contributed by atoms with Crippen molar-refractivity contribution < 1.29 is 28.8 Å². The van der Waals surface area contributed by atoms with Gasteiger partial charge < -0.3 is 14.8 Å². The molecule has 10 nitrogen and oxygen atoms in total. The summed E-state index contributed by atoms with van der Waals surface area (Å²) in [5, 5.41) is 13.3. The van der Waals surface area contributed by atoms with Gasteiger partial charge in [-0.1, -0.05) is 33.6 Å². The number of rotatable bonds is 9. The van der Waals surface area contributed by atoms with Crippen molar-refractivity contribution in [2.75, 3.05) is 19.0 Å². The Morgan fingerprint density at radius 1 is 1.15 bits per heavy atom. The van der Waals surface area contributed by atoms with Crippen LogP contribution in [-0.4, -0.2) is 40.5 Å². The number of benzene rings is 3. The number of hydrogen-bond acceptors (Lipinski definition) is 8. The number of carbonyl (C=O) groups excluding carboxylic acids is 3. The molecule has 3 amide bonds. The molecule has 0 aromatic heterocycles. The van der Waals surface area contributed by atoms with E-state index in [1.807, 2.05) is 0 Å². The van der Waals surface area contributed by atoms with Crippen LogP contribution in [0.4, 0.5) is 16.2 Å². The van der Waals surface area contributed by atoms with Crippen molar-refractivity contribution in [2.45, 2.75) is 6.61 Å². The summed E-state index contributed by atoms with van der Waals surface area (Å²) in [6, 6.07) is 15.8. The van der Waals surface area contributed by atoms with E-state index in [0.717, 1.165) is 22.2 Å². The highest BCUT2D eigenvalue weighted by atomic mass is 79.9. The molecule has 0 bridgehead atoms. The van der Waals surface area contributed by atoms with E-state index >= 15 is 0 Å². The Morgan fingerprint density at radius 3 is 2.56 bits per heavy atom. The van der Waals surface area contributed by atoms with Crippen LogP contribution in [0.1, 0.15) is 11.1 Å². The fourth-order valence-corrected chi connectivity index (χ4v) is 4.95. The highest BCUT2D eigenvalue weighted by molar-refractivity contribution is 9.10. The first-order chi connectivity index (χ1) is 18.6. The van der Waals surface area contributed by atoms with E-state index < -0.39 is 28.5 Å². The highest BCUT2D eigenvalue weighted by Gasteiger charge is 2.36. The molecule has 0 radical (unpaired) electrons. The van der Waals surface area contributed by atoms with Gasteiger partial charge in [-0.2, -0.15) is 0 Å². The van der Waals surface area contributed by atoms with Gasteiger partial charge in [0.25, 0.3) is 16.8 Å². The second kappa shape index (κ2) is 12.3. The molecular weight excluding hydrogens is 614 g/mol. The quantitative estimate of drug-likeness (QED) is 0.166. The molecule has 0 atom stereocenters. The van der Waals surface area contributed by atoms with Gasteiger partial charge in [0.15, 0.2) is 11.5 Å². The predicted octanol–water partition coefficient (Wildman–Crippen LogP) is 6.27. The molecule has 1 heterocycles. The molecule has 1 saturated heterocycles. The molecular formula is C26H19BrClN3O7S. The minimum atomic E-state index is -0.601. The molecule has 4 rings (SSSR count). The number of carbonyl (C=O) groups is 3. The second-order valence-corrected chi connectivity index (χ2v) is 10.3. The zero-order chi connectivity index (χ0) is 28.1. The zero-order valence-corrected chi connectivity index (χ0v) is 23.3. The first kappa shape index (κ1) is 28.1. The Hall–Kier alpha value is -3.87. The average molecular weight is 633 g/mol. The molecule has 0 spiro atoms. The van der Waals surface area contributed by atoms with Crippen molar-refractivity contribution in [1.29, 1.82) is 0 Å². The summed E-state index contributed by atoms with van der Waals surface area (Å²) in [6.07, 6.45) is 1.52. The second-order valence-electron chi connectivity index (χ2n) is 8.06. The van der Waals surface area contributed by atoms with Crippen LogP contribution in [0.25, 0.3) is 6.08 Å². The lowest BCUT2D eigenvalue weighted by molar-refractivity contribution is -0.384. The number of non-ortho nitro benzene ring substituents is 1. The lowest BCUT2D eigenvalue weighted by atomic mass is 10.1. The third-order valence-corrected chi connectivity index (χ3v) is 7.22. The molecule has 0 aliphatic carbocycles. The monoisotopic (exact) mass is 631 g/mol. The number of nitrogens with one attached hydrogen (secondary N) is 1. The number of anilines is 1. The molecule has 13 heteroatoms. The number of ether oxygens (including phenoxy) is 2. The van der Waals surface area contributed by atoms with E-state index in [1.54, 1.807) is 48.5 Å². The van der Waals surface area contributed by atoms with Gasteiger partial charge in [0.2, 0.25) is 5.91 Å². The standard InChI is InChI=1S/C26H19BrClN3O7S/c1-37-21-9-16(20(27)12-22(21)38-14-15-5-7-19(8-6-15)31(35)36)10-23-25(33)30(26(34)39-23)13-24(32)29-18-4-2-3-17(28)11-18/h2-12H,13-14H2,1H3,(H,29,32)/b23-10+. The predicted molar refractivity (Wildman–Crippen MR) is 151 cm³/mol. The summed E-state index contributed by atoms with van der Waals surface area (Å²) in [7, 11) is 1.46. The fraction of sp³-hybridized carbons (Fsp3) is 0.115. The van der Waals surface area contributed by atoms with Crippen molar-refractivity contribution in [3.05, 3.63) is 96.3 Å². The molecule has 1 aliphatic heterocycles. The molecule has 39 heavy (non-hydrogen) atoms. The summed E-state index contributed by atoms with van der Waals surface area (Å²) in [5.41, 5.74) is 1.69. The van der Waals surface area contributed by atoms with Gasteiger partial charge in [-0.25, -0.2) is 0 Å². The van der Waals surface area contributed by atoms with E-state index in [4.69, 9.17) is 21.1 Å². The van der Waals surface area contributed by atoms with Crippen LogP contribution < -0.4 is 14.8 Å². The summed E-state index contributed by atoms with van der Waals surface area (Å²) < 4.78 is 11.8. The number of imide groups is 1. The summed E-state index contributed by atoms with van der Waals surface area (Å²) in [6.45, 7) is -0.315. The average Bonchev–Trinajstić information content (AvgIpc) is 3.16. The highest BCUT2D eigenvalue weighted by Crippen LogP contribution is 2.38. The Kier molecular flexibility index (Phi) is 8.90. The minimum Gasteiger partial charge on any atom is -0.493 e. The Labute approximate surface area is 240 Å². The summed E-state index contributed by atoms with van der Waals surface area (Å²) in [5.74, 6) is -0.383. The van der Waals surface area contributed by atoms with Crippen LogP contribution in [0.3, 0.4) is 0 Å². The molecule has 3 aromatic rings. The van der Waals surface area contributed by atoms with Crippen molar-refractivity contribution >= 4 is 73.8 Å². The fourth-order valence-electron chi connectivity index (χ4n) is 3.50. The lowest BCUT2D eigenvalue weighted by Crippen LogP contribution is -2.36. The van der Waals surface area contributed by atoms with Crippen LogP contribution >= 0.6 is 39.3 Å². The SMILES string of the molecule is COc1cc(/C=C2/SC(=O)N(CC(=O)Nc3cccc(Cl)c3)C2=O)c(Br)cc1OCc1ccc([N+](=O)[O-])cc1. The summed E-state index contributed by atoms with van der Waals surface area (Å²) in [4.78, 5) is 49.2. The number of nitro benzene ring substituents is 1. The molecule has 0 saturated carbocycles. The smallest absolute Gasteiger partial charge is 0.294 e. The number of hydrogen-bond donors (Lipinski definition) is 1. The largest absolute Gasteiger partial charge is 0.493 e. The van der Waals surface area contributed by atoms with Gasteiger partial charge in [0.05, 0.1) is 16.9 Å². The Morgan fingerprint density at radius 2 is 1.90 bits per heavy atom. The maximum Gasteiger partial charge on any atom is 0.294 e. The van der Waals surface area contributed by atoms with E-state index in [2.05, 4.69) is 21.2 Å². The van der Waals surface area contributed by atoms with Crippen LogP contribution in [-0.2, 0) is 16.2 Å². The number of halogens is 2. The number of thioether (sulfide) groups is 1. The number of amides is 3. The van der Waals surface area contributed by atoms with E-state index in [9.17, 15) is 24.5 Å². The van der Waals surface area contributed by atoms with E-state index in [1.165, 1.54) is 25.3 Å². The van der Waals surface area contributed by atoms with Crippen molar-refractivity contribution in [1.82, 2.24) is 4.90 Å². The molecule has 1 fully saturated rings. The summed E-state index contributed by atoms with van der Waals surface area (Å²) >= 11 is 10.1. The molecule has 1 N–H and O–H groups in total. The van der Waals surface area contributed by atoms with Gasteiger partial charge in [-0.3, -0.25) is 29.4 Å². The maximum absolute atomic E-state index is 12.9. The normalized spacial score (nSPS) is 14.0. The minimum absolute atomic E-state index is 0.0189. The molecule has 1 aliphatic rings. The van der Waals surface area contributed by atoms with Crippen LogP contribution in [0.15, 0.2) is 70.0 Å². The Bertz CT molecular complexity index is 1500. The lowest BCUT2D eigenvalue weighted by Gasteiger charge is -2.13. The van der Waals surface area contributed by atoms with Crippen LogP contribution in [0.2, 0.25) is 5.02 Å². The first-order valence-electron chi connectivity index (χ1n) is 11.2. The van der Waals surface area contributed by atoms with E-state index in [0.29, 0.717) is 32.2 Å². The van der Waals surface area contributed by atoms with Crippen molar-refractivity contribution in [3.8, 4) is 11.5 Å². The van der Waals surface area contributed by atoms with Crippen molar-refractivity contribution in [2.24, 2.45) is 0 Å². The maximum atomic E-state index is 12.9. The number of methoxy groups -OCH3 is 1. The third kappa shape index (κ3) is 6.96. The van der Waals surface area contributed by atoms with Gasteiger partial charge in [-0.15, -0.1) is 0 Å². The van der Waals surface area contributed by atoms with Gasteiger partial charge in [-0.05, 0) is 71.4 Å². The van der Waals surface area contributed by atoms with Gasteiger partial charge in [0, 0.05) is 27.3 Å². The van der Waals surface area contributed by atoms with E-state index in [-0.39, 0.29) is 17.2 Å². The zero-order valence-electron chi connectivity index (χ0n) is 20.2. The molecule has 0 unspecified atom stereocenters. The first-order valence-corrected chi connectivity index (χ1v) is 13.2. The van der Waals surface area contributed by atoms with Crippen LogP contribution in [0, 0.1) is 10.1 Å². The van der Waals surface area contributed by atoms with Crippen LogP contribution in [0.5, 0.6) is 11.5 Å².